The van der Waals surface area contributed by atoms with Crippen molar-refractivity contribution in [1.82, 2.24) is 0 Å². The van der Waals surface area contributed by atoms with Crippen LogP contribution in [0.25, 0.3) is 0 Å². The van der Waals surface area contributed by atoms with Crippen molar-refractivity contribution in [2.75, 3.05) is 6.61 Å². The summed E-state index contributed by atoms with van der Waals surface area (Å²) in [4.78, 5) is 46.5. The molecule has 5 atom stereocenters. The molecule has 0 aliphatic carbocycles. The van der Waals surface area contributed by atoms with Gasteiger partial charge in [-0.3, -0.25) is 19.2 Å². The van der Waals surface area contributed by atoms with Crippen LogP contribution in [-0.4, -0.2) is 68.8 Å². The summed E-state index contributed by atoms with van der Waals surface area (Å²) >= 11 is 0. The maximum Gasteiger partial charge on any atom is 0.303 e. The first-order valence-corrected chi connectivity index (χ1v) is 11.1. The minimum absolute atomic E-state index is 0.152. The van der Waals surface area contributed by atoms with Crippen molar-refractivity contribution in [3.8, 4) is 0 Å². The lowest BCUT2D eigenvalue weighted by Gasteiger charge is -2.43. The number of hydrogen-bond acceptors (Lipinski definition) is 11. The Kier molecular flexibility index (Phi) is 8.33. The molecule has 1 aliphatic rings. The van der Waals surface area contributed by atoms with Crippen LogP contribution < -0.4 is 0 Å². The lowest BCUT2D eigenvalue weighted by molar-refractivity contribution is -0.238. The fraction of sp³-hybridized carbons (Fsp3) is 0.500. The highest BCUT2D eigenvalue weighted by molar-refractivity contribution is 7.92. The number of carbonyl (C=O) groups excluding carboxylic acids is 4. The average molecular weight is 472 g/mol. The standard InChI is InChI=1S/C20H24O11S/c1-11(21)27-10-16-17(28-12(2)22)18(29-13(3)23)19(30-14(4)24)20(31-16)32(25,26)15-8-6-5-7-9-15/h5-9,16-20H,10H2,1-4H3/t16-,17-,18+,19-,20+/m0/s1. The van der Waals surface area contributed by atoms with E-state index in [4.69, 9.17) is 23.7 Å². The number of hydrogen-bond donors (Lipinski definition) is 0. The Morgan fingerprint density at radius 2 is 1.28 bits per heavy atom. The largest absolute Gasteiger partial charge is 0.463 e. The molecule has 0 spiro atoms. The van der Waals surface area contributed by atoms with Crippen LogP contribution in [0.5, 0.6) is 0 Å². The molecule has 1 aromatic carbocycles. The van der Waals surface area contributed by atoms with E-state index < -0.39 is 70.2 Å². The van der Waals surface area contributed by atoms with E-state index in [0.29, 0.717) is 0 Å². The topological polar surface area (TPSA) is 149 Å². The Hall–Kier alpha value is -2.99. The minimum Gasteiger partial charge on any atom is -0.463 e. The van der Waals surface area contributed by atoms with Crippen molar-refractivity contribution < 1.29 is 51.3 Å². The van der Waals surface area contributed by atoms with Crippen LogP contribution in [-0.2, 0) is 52.7 Å². The van der Waals surface area contributed by atoms with Gasteiger partial charge in [0.15, 0.2) is 18.3 Å². The summed E-state index contributed by atoms with van der Waals surface area (Å²) in [5, 5.41) is 0. The Labute approximate surface area is 184 Å². The van der Waals surface area contributed by atoms with Gasteiger partial charge >= 0.3 is 23.9 Å². The number of esters is 4. The summed E-state index contributed by atoms with van der Waals surface area (Å²) < 4.78 is 53.0. The fourth-order valence-electron chi connectivity index (χ4n) is 3.18. The van der Waals surface area contributed by atoms with Gasteiger partial charge in [0.05, 0.1) is 4.90 Å². The van der Waals surface area contributed by atoms with E-state index in [1.54, 1.807) is 6.07 Å². The molecule has 0 N–H and O–H groups in total. The summed E-state index contributed by atoms with van der Waals surface area (Å²) in [6, 6.07) is 7.19. The molecular formula is C20H24O11S. The van der Waals surface area contributed by atoms with Gasteiger partial charge in [0.25, 0.3) is 0 Å². The van der Waals surface area contributed by atoms with Crippen LogP contribution in [0.3, 0.4) is 0 Å². The molecule has 12 heteroatoms. The van der Waals surface area contributed by atoms with Gasteiger partial charge in [-0.05, 0) is 12.1 Å². The van der Waals surface area contributed by atoms with Crippen molar-refractivity contribution in [1.29, 1.82) is 0 Å². The third-order valence-electron chi connectivity index (χ3n) is 4.33. The average Bonchev–Trinajstić information content (AvgIpc) is 2.69. The second kappa shape index (κ2) is 10.6. The van der Waals surface area contributed by atoms with Crippen LogP contribution in [0, 0.1) is 0 Å². The van der Waals surface area contributed by atoms with E-state index in [1.807, 2.05) is 0 Å². The van der Waals surface area contributed by atoms with Gasteiger partial charge in [-0.2, -0.15) is 0 Å². The number of rotatable bonds is 7. The van der Waals surface area contributed by atoms with Crippen LogP contribution in [0.2, 0.25) is 0 Å². The second-order valence-corrected chi connectivity index (χ2v) is 8.95. The van der Waals surface area contributed by atoms with Crippen molar-refractivity contribution in [2.45, 2.75) is 62.4 Å². The number of benzene rings is 1. The molecule has 1 saturated heterocycles. The fourth-order valence-corrected chi connectivity index (χ4v) is 4.84. The Balaban J connectivity index is 2.61. The zero-order valence-corrected chi connectivity index (χ0v) is 18.7. The highest BCUT2D eigenvalue weighted by Crippen LogP contribution is 2.34. The summed E-state index contributed by atoms with van der Waals surface area (Å²) in [5.41, 5.74) is -1.86. The molecule has 1 fully saturated rings. The number of ether oxygens (including phenoxy) is 5. The summed E-state index contributed by atoms with van der Waals surface area (Å²) in [6.07, 6.45) is -6.01. The first kappa shape index (κ1) is 25.3. The molecule has 1 heterocycles. The minimum atomic E-state index is -4.32. The van der Waals surface area contributed by atoms with Crippen LogP contribution in [0.1, 0.15) is 27.7 Å². The maximum atomic E-state index is 13.4. The molecule has 0 unspecified atom stereocenters. The number of carbonyl (C=O) groups is 4. The molecule has 1 aromatic rings. The van der Waals surface area contributed by atoms with Crippen LogP contribution >= 0.6 is 0 Å². The third-order valence-corrected chi connectivity index (χ3v) is 6.25. The van der Waals surface area contributed by atoms with Crippen molar-refractivity contribution >= 4 is 33.7 Å². The van der Waals surface area contributed by atoms with Crippen molar-refractivity contribution in [3.63, 3.8) is 0 Å². The van der Waals surface area contributed by atoms with E-state index in [0.717, 1.165) is 27.7 Å². The Morgan fingerprint density at radius 3 is 1.78 bits per heavy atom. The Bertz CT molecular complexity index is 957. The van der Waals surface area contributed by atoms with Gasteiger partial charge in [0, 0.05) is 27.7 Å². The maximum absolute atomic E-state index is 13.4. The molecule has 176 valence electrons. The predicted octanol–water partition coefficient (Wildman–Crippen LogP) is 0.543. The zero-order chi connectivity index (χ0) is 24.1. The van der Waals surface area contributed by atoms with Gasteiger partial charge < -0.3 is 23.7 Å². The second-order valence-electron chi connectivity index (χ2n) is 6.93. The third kappa shape index (κ3) is 6.26. The molecule has 0 saturated carbocycles. The van der Waals surface area contributed by atoms with Crippen molar-refractivity contribution in [2.24, 2.45) is 0 Å². The van der Waals surface area contributed by atoms with E-state index in [2.05, 4.69) is 0 Å². The van der Waals surface area contributed by atoms with Gasteiger partial charge in [0.1, 0.15) is 12.7 Å². The SMILES string of the molecule is CC(=O)OC[C@@H]1O[C@H](S(=O)(=O)c2ccccc2)[C@@H](OC(C)=O)[C@H](OC(C)=O)[C@H]1OC(C)=O. The molecule has 1 aliphatic heterocycles. The molecule has 0 bridgehead atoms. The smallest absolute Gasteiger partial charge is 0.303 e. The molecular weight excluding hydrogens is 448 g/mol. The molecule has 0 radical (unpaired) electrons. The normalized spacial score (nSPS) is 25.3. The summed E-state index contributed by atoms with van der Waals surface area (Å²) in [5.74, 6) is -3.25. The van der Waals surface area contributed by atoms with Crippen molar-refractivity contribution in [3.05, 3.63) is 30.3 Å². The highest BCUT2D eigenvalue weighted by atomic mass is 32.2. The quantitative estimate of drug-likeness (QED) is 0.404. The first-order chi connectivity index (χ1) is 14.9. The zero-order valence-electron chi connectivity index (χ0n) is 17.9. The van der Waals surface area contributed by atoms with Gasteiger partial charge in [0.2, 0.25) is 15.3 Å². The van der Waals surface area contributed by atoms with E-state index in [9.17, 15) is 27.6 Å². The van der Waals surface area contributed by atoms with Crippen LogP contribution in [0.4, 0.5) is 0 Å². The molecule has 32 heavy (non-hydrogen) atoms. The molecule has 0 aromatic heterocycles. The van der Waals surface area contributed by atoms with Gasteiger partial charge in [-0.1, -0.05) is 18.2 Å². The summed E-state index contributed by atoms with van der Waals surface area (Å²) in [6.45, 7) is 3.75. The Morgan fingerprint density at radius 1 is 0.781 bits per heavy atom. The van der Waals surface area contributed by atoms with Crippen LogP contribution in [0.15, 0.2) is 35.2 Å². The molecule has 0 amide bonds. The molecule has 11 nitrogen and oxygen atoms in total. The lowest BCUT2D eigenvalue weighted by atomic mass is 9.99. The predicted molar refractivity (Wildman–Crippen MR) is 106 cm³/mol. The summed E-state index contributed by atoms with van der Waals surface area (Å²) in [7, 11) is -4.32. The highest BCUT2D eigenvalue weighted by Gasteiger charge is 2.56. The number of sulfone groups is 1. The lowest BCUT2D eigenvalue weighted by Crippen LogP contribution is -2.64. The van der Waals surface area contributed by atoms with E-state index in [-0.39, 0.29) is 4.90 Å². The van der Waals surface area contributed by atoms with Gasteiger partial charge in [-0.15, -0.1) is 0 Å². The van der Waals surface area contributed by atoms with E-state index in [1.165, 1.54) is 24.3 Å². The first-order valence-electron chi connectivity index (χ1n) is 9.53. The monoisotopic (exact) mass is 472 g/mol. The van der Waals surface area contributed by atoms with E-state index >= 15 is 0 Å². The molecule has 2 rings (SSSR count). The van der Waals surface area contributed by atoms with Gasteiger partial charge in [-0.25, -0.2) is 8.42 Å².